The fraction of sp³-hybridized carbons (Fsp3) is 0.375. The van der Waals surface area contributed by atoms with Crippen molar-refractivity contribution in [2.24, 2.45) is 0 Å². The molecular weight excluding hydrogens is 280 g/mol. The van der Waals surface area contributed by atoms with Crippen LogP contribution in [-0.4, -0.2) is 45.2 Å². The zero-order valence-corrected chi connectivity index (χ0v) is 12.5. The highest BCUT2D eigenvalue weighted by molar-refractivity contribution is 5.92. The third-order valence-corrected chi connectivity index (χ3v) is 3.67. The Bertz CT molecular complexity index is 622. The number of likely N-dealkylation sites (tertiary alicyclic amines) is 1. The van der Waals surface area contributed by atoms with Crippen LogP contribution < -0.4 is 4.74 Å². The number of hydrogen-bond acceptors (Lipinski definition) is 5. The molecule has 1 aliphatic heterocycles. The predicted molar refractivity (Wildman–Crippen MR) is 80.6 cm³/mol. The summed E-state index contributed by atoms with van der Waals surface area (Å²) >= 11 is 0. The summed E-state index contributed by atoms with van der Waals surface area (Å²) < 4.78 is 5.82. The molecule has 0 aliphatic carbocycles. The molecule has 6 nitrogen and oxygen atoms in total. The van der Waals surface area contributed by atoms with Crippen LogP contribution in [0.4, 0.5) is 0 Å². The smallest absolute Gasteiger partial charge is 0.272 e. The number of piperidine rings is 1. The first kappa shape index (κ1) is 14.4. The van der Waals surface area contributed by atoms with E-state index < -0.39 is 0 Å². The minimum absolute atomic E-state index is 0.0193. The van der Waals surface area contributed by atoms with Crippen molar-refractivity contribution in [2.75, 3.05) is 13.1 Å². The van der Waals surface area contributed by atoms with Crippen LogP contribution in [0.2, 0.25) is 0 Å². The second-order valence-corrected chi connectivity index (χ2v) is 5.34. The number of rotatable bonds is 3. The number of carbonyl (C=O) groups is 1. The summed E-state index contributed by atoms with van der Waals surface area (Å²) in [5.41, 5.74) is 1.36. The van der Waals surface area contributed by atoms with E-state index >= 15 is 0 Å². The first-order chi connectivity index (χ1) is 10.7. The Balaban J connectivity index is 1.54. The van der Waals surface area contributed by atoms with Gasteiger partial charge in [0, 0.05) is 38.2 Å². The fourth-order valence-corrected chi connectivity index (χ4v) is 2.45. The summed E-state index contributed by atoms with van der Waals surface area (Å²) in [6.45, 7) is 3.22. The summed E-state index contributed by atoms with van der Waals surface area (Å²) in [5.74, 6) is 0.522. The monoisotopic (exact) mass is 298 g/mol. The van der Waals surface area contributed by atoms with Crippen molar-refractivity contribution in [3.63, 3.8) is 0 Å². The van der Waals surface area contributed by atoms with Gasteiger partial charge in [-0.05, 0) is 25.1 Å². The topological polar surface area (TPSA) is 68.2 Å². The lowest BCUT2D eigenvalue weighted by molar-refractivity contribution is 0.0580. The average Bonchev–Trinajstić information content (AvgIpc) is 2.58. The summed E-state index contributed by atoms with van der Waals surface area (Å²) in [6.07, 6.45) is 3.28. The summed E-state index contributed by atoms with van der Waals surface area (Å²) in [5, 5.41) is 7.99. The molecule has 1 saturated heterocycles. The molecule has 0 radical (unpaired) electrons. The van der Waals surface area contributed by atoms with Crippen molar-refractivity contribution in [1.29, 1.82) is 0 Å². The van der Waals surface area contributed by atoms with Gasteiger partial charge in [-0.1, -0.05) is 6.07 Å². The van der Waals surface area contributed by atoms with Crippen LogP contribution in [-0.2, 0) is 0 Å². The number of nitrogens with zero attached hydrogens (tertiary/aromatic N) is 4. The molecule has 2 aromatic rings. The standard InChI is InChI=1S/C16H18N4O2/c1-12-5-6-15(19-18-12)22-13-7-10-20(11-8-13)16(21)14-4-2-3-9-17-14/h2-6,9,13H,7-8,10-11H2,1H3. The normalized spacial score (nSPS) is 15.6. The molecule has 0 unspecified atom stereocenters. The van der Waals surface area contributed by atoms with Crippen molar-refractivity contribution in [3.8, 4) is 5.88 Å². The maximum atomic E-state index is 12.3. The first-order valence-corrected chi connectivity index (χ1v) is 7.39. The number of aryl methyl sites for hydroxylation is 1. The largest absolute Gasteiger partial charge is 0.473 e. The summed E-state index contributed by atoms with van der Waals surface area (Å²) in [7, 11) is 0. The highest BCUT2D eigenvalue weighted by Crippen LogP contribution is 2.18. The van der Waals surface area contributed by atoms with Gasteiger partial charge >= 0.3 is 0 Å². The molecule has 1 fully saturated rings. The SMILES string of the molecule is Cc1ccc(OC2CCN(C(=O)c3ccccn3)CC2)nn1. The van der Waals surface area contributed by atoms with Gasteiger partial charge in [0.25, 0.3) is 5.91 Å². The zero-order chi connectivity index (χ0) is 15.4. The van der Waals surface area contributed by atoms with Crippen LogP contribution in [0.1, 0.15) is 29.0 Å². The number of aromatic nitrogens is 3. The molecule has 114 valence electrons. The van der Waals surface area contributed by atoms with Crippen LogP contribution in [0.3, 0.4) is 0 Å². The van der Waals surface area contributed by atoms with Gasteiger partial charge in [-0.2, -0.15) is 5.10 Å². The van der Waals surface area contributed by atoms with Crippen LogP contribution in [0.15, 0.2) is 36.5 Å². The molecule has 0 saturated carbocycles. The molecule has 0 atom stereocenters. The minimum atomic E-state index is -0.0193. The molecular formula is C16H18N4O2. The molecule has 0 spiro atoms. The minimum Gasteiger partial charge on any atom is -0.473 e. The zero-order valence-electron chi connectivity index (χ0n) is 12.5. The number of hydrogen-bond donors (Lipinski definition) is 0. The molecule has 1 aliphatic rings. The van der Waals surface area contributed by atoms with E-state index in [1.54, 1.807) is 18.3 Å². The average molecular weight is 298 g/mol. The second-order valence-electron chi connectivity index (χ2n) is 5.34. The van der Waals surface area contributed by atoms with Crippen molar-refractivity contribution in [3.05, 3.63) is 47.9 Å². The molecule has 2 aromatic heterocycles. The van der Waals surface area contributed by atoms with Gasteiger partial charge in [-0.3, -0.25) is 9.78 Å². The van der Waals surface area contributed by atoms with Crippen LogP contribution in [0, 0.1) is 6.92 Å². The molecule has 3 rings (SSSR count). The lowest BCUT2D eigenvalue weighted by Crippen LogP contribution is -2.42. The maximum absolute atomic E-state index is 12.3. The van der Waals surface area contributed by atoms with E-state index in [2.05, 4.69) is 15.2 Å². The Morgan fingerprint density at radius 1 is 1.18 bits per heavy atom. The molecule has 0 aromatic carbocycles. The molecule has 1 amide bonds. The third-order valence-electron chi connectivity index (χ3n) is 3.67. The second kappa shape index (κ2) is 6.51. The number of ether oxygens (including phenoxy) is 1. The molecule has 3 heterocycles. The van der Waals surface area contributed by atoms with Crippen molar-refractivity contribution >= 4 is 5.91 Å². The Kier molecular flexibility index (Phi) is 4.27. The van der Waals surface area contributed by atoms with Crippen LogP contribution in [0.5, 0.6) is 5.88 Å². The van der Waals surface area contributed by atoms with E-state index in [1.807, 2.05) is 30.0 Å². The fourth-order valence-electron chi connectivity index (χ4n) is 2.45. The molecule has 6 heteroatoms. The van der Waals surface area contributed by atoms with Crippen LogP contribution >= 0.6 is 0 Å². The summed E-state index contributed by atoms with van der Waals surface area (Å²) in [6, 6.07) is 9.08. The maximum Gasteiger partial charge on any atom is 0.272 e. The third kappa shape index (κ3) is 3.39. The Labute approximate surface area is 129 Å². The van der Waals surface area contributed by atoms with E-state index in [0.717, 1.165) is 18.5 Å². The first-order valence-electron chi connectivity index (χ1n) is 7.39. The lowest BCUT2D eigenvalue weighted by atomic mass is 10.1. The molecule has 22 heavy (non-hydrogen) atoms. The van der Waals surface area contributed by atoms with Gasteiger partial charge in [-0.25, -0.2) is 0 Å². The van der Waals surface area contributed by atoms with Gasteiger partial charge in [0.1, 0.15) is 11.8 Å². The van der Waals surface area contributed by atoms with Gasteiger partial charge in [0.15, 0.2) is 0 Å². The number of pyridine rings is 1. The van der Waals surface area contributed by atoms with Gasteiger partial charge in [0.2, 0.25) is 5.88 Å². The van der Waals surface area contributed by atoms with Crippen LogP contribution in [0.25, 0.3) is 0 Å². The molecule has 0 bridgehead atoms. The lowest BCUT2D eigenvalue weighted by Gasteiger charge is -2.31. The Morgan fingerprint density at radius 3 is 2.64 bits per heavy atom. The number of carbonyl (C=O) groups excluding carboxylic acids is 1. The van der Waals surface area contributed by atoms with Gasteiger partial charge < -0.3 is 9.64 Å². The summed E-state index contributed by atoms with van der Waals surface area (Å²) in [4.78, 5) is 18.2. The highest BCUT2D eigenvalue weighted by Gasteiger charge is 2.25. The van der Waals surface area contributed by atoms with Crippen molar-refractivity contribution in [2.45, 2.75) is 25.9 Å². The molecule has 0 N–H and O–H groups in total. The van der Waals surface area contributed by atoms with E-state index in [1.165, 1.54) is 0 Å². The van der Waals surface area contributed by atoms with E-state index in [0.29, 0.717) is 24.7 Å². The Hall–Kier alpha value is -2.50. The Morgan fingerprint density at radius 2 is 2.00 bits per heavy atom. The number of amides is 1. The van der Waals surface area contributed by atoms with Crippen molar-refractivity contribution in [1.82, 2.24) is 20.1 Å². The van der Waals surface area contributed by atoms with Crippen molar-refractivity contribution < 1.29 is 9.53 Å². The van der Waals surface area contributed by atoms with E-state index in [9.17, 15) is 4.79 Å². The van der Waals surface area contributed by atoms with Gasteiger partial charge in [0.05, 0.1) is 5.69 Å². The predicted octanol–water partition coefficient (Wildman–Crippen LogP) is 1.86. The van der Waals surface area contributed by atoms with Gasteiger partial charge in [-0.15, -0.1) is 5.10 Å². The quantitative estimate of drug-likeness (QED) is 0.865. The van der Waals surface area contributed by atoms with E-state index in [4.69, 9.17) is 4.74 Å². The van der Waals surface area contributed by atoms with E-state index in [-0.39, 0.29) is 12.0 Å². The highest BCUT2D eigenvalue weighted by atomic mass is 16.5.